The molecule has 0 bridgehead atoms. The molecule has 1 aliphatic heterocycles. The molecule has 1 heterocycles. The summed E-state index contributed by atoms with van der Waals surface area (Å²) in [7, 11) is 0. The standard InChI is InChI=1S/C20H19ClF4N2O2/c1-2-10-29-13-5-3-4-12(11-13)20(28)27-8-6-26(7-9-27)19-17(24)15(22)14(21)16(23)18(19)25/h3-5,11H,2,6-10H2,1H3. The number of rotatable bonds is 5. The van der Waals surface area contributed by atoms with Crippen LogP contribution >= 0.6 is 11.6 Å². The molecule has 0 aromatic heterocycles. The molecular weight excluding hydrogens is 412 g/mol. The lowest BCUT2D eigenvalue weighted by atomic mass is 10.1. The number of hydrogen-bond donors (Lipinski definition) is 0. The van der Waals surface area contributed by atoms with Gasteiger partial charge in [0.05, 0.1) is 6.61 Å². The number of halogens is 5. The van der Waals surface area contributed by atoms with Gasteiger partial charge in [-0.3, -0.25) is 4.79 Å². The van der Waals surface area contributed by atoms with E-state index in [4.69, 9.17) is 16.3 Å². The van der Waals surface area contributed by atoms with Gasteiger partial charge in [0.25, 0.3) is 5.91 Å². The largest absolute Gasteiger partial charge is 0.494 e. The fraction of sp³-hybridized carbons (Fsp3) is 0.350. The van der Waals surface area contributed by atoms with Crippen LogP contribution in [0.4, 0.5) is 23.2 Å². The molecule has 2 aromatic carbocycles. The predicted molar refractivity (Wildman–Crippen MR) is 102 cm³/mol. The van der Waals surface area contributed by atoms with Crippen LogP contribution in [0.25, 0.3) is 0 Å². The van der Waals surface area contributed by atoms with Crippen molar-refractivity contribution in [2.24, 2.45) is 0 Å². The molecule has 29 heavy (non-hydrogen) atoms. The van der Waals surface area contributed by atoms with Crippen molar-refractivity contribution >= 4 is 23.2 Å². The number of ether oxygens (including phenoxy) is 1. The minimum Gasteiger partial charge on any atom is -0.494 e. The molecule has 3 rings (SSSR count). The number of anilines is 1. The summed E-state index contributed by atoms with van der Waals surface area (Å²) in [6, 6.07) is 6.74. The van der Waals surface area contributed by atoms with E-state index in [9.17, 15) is 22.4 Å². The highest BCUT2D eigenvalue weighted by Gasteiger charge is 2.31. The van der Waals surface area contributed by atoms with E-state index >= 15 is 0 Å². The smallest absolute Gasteiger partial charge is 0.254 e. The summed E-state index contributed by atoms with van der Waals surface area (Å²) in [6.07, 6.45) is 0.832. The second-order valence-electron chi connectivity index (χ2n) is 6.57. The lowest BCUT2D eigenvalue weighted by Gasteiger charge is -2.36. The van der Waals surface area contributed by atoms with E-state index in [0.717, 1.165) is 11.3 Å². The van der Waals surface area contributed by atoms with Crippen molar-refractivity contribution in [2.45, 2.75) is 13.3 Å². The van der Waals surface area contributed by atoms with Crippen molar-refractivity contribution in [3.8, 4) is 5.75 Å². The molecule has 156 valence electrons. The maximum Gasteiger partial charge on any atom is 0.254 e. The monoisotopic (exact) mass is 430 g/mol. The first kappa shape index (κ1) is 21.2. The molecule has 0 radical (unpaired) electrons. The van der Waals surface area contributed by atoms with E-state index in [-0.39, 0.29) is 32.1 Å². The zero-order valence-electron chi connectivity index (χ0n) is 15.7. The second-order valence-corrected chi connectivity index (χ2v) is 6.95. The molecule has 1 amide bonds. The summed E-state index contributed by atoms with van der Waals surface area (Å²) in [5, 5.41) is -1.22. The van der Waals surface area contributed by atoms with Crippen LogP contribution in [0.5, 0.6) is 5.75 Å². The van der Waals surface area contributed by atoms with Crippen LogP contribution in [-0.2, 0) is 0 Å². The number of benzene rings is 2. The van der Waals surface area contributed by atoms with Crippen LogP contribution in [0.3, 0.4) is 0 Å². The van der Waals surface area contributed by atoms with E-state index in [0.29, 0.717) is 17.9 Å². The molecule has 0 spiro atoms. The third-order valence-electron chi connectivity index (χ3n) is 4.62. The maximum atomic E-state index is 14.2. The normalized spacial score (nSPS) is 14.3. The number of nitrogens with zero attached hydrogens (tertiary/aromatic N) is 2. The first-order valence-electron chi connectivity index (χ1n) is 9.13. The third-order valence-corrected chi connectivity index (χ3v) is 4.96. The Morgan fingerprint density at radius 1 is 1.03 bits per heavy atom. The van der Waals surface area contributed by atoms with Gasteiger partial charge in [-0.1, -0.05) is 24.6 Å². The van der Waals surface area contributed by atoms with Gasteiger partial charge < -0.3 is 14.5 Å². The van der Waals surface area contributed by atoms with Gasteiger partial charge in [-0.25, -0.2) is 17.6 Å². The van der Waals surface area contributed by atoms with Crippen LogP contribution in [0.1, 0.15) is 23.7 Å². The van der Waals surface area contributed by atoms with Crippen LogP contribution in [0.15, 0.2) is 24.3 Å². The molecule has 4 nitrogen and oxygen atoms in total. The molecule has 2 aromatic rings. The van der Waals surface area contributed by atoms with Crippen LogP contribution < -0.4 is 9.64 Å². The Balaban J connectivity index is 1.72. The number of piperazine rings is 1. The van der Waals surface area contributed by atoms with Crippen molar-refractivity contribution in [1.29, 1.82) is 0 Å². The summed E-state index contributed by atoms with van der Waals surface area (Å²) in [6.45, 7) is 2.77. The molecule has 1 saturated heterocycles. The van der Waals surface area contributed by atoms with E-state index in [1.807, 2.05) is 6.92 Å². The lowest BCUT2D eigenvalue weighted by Crippen LogP contribution is -2.49. The van der Waals surface area contributed by atoms with Crippen molar-refractivity contribution in [2.75, 3.05) is 37.7 Å². The highest BCUT2D eigenvalue weighted by molar-refractivity contribution is 6.31. The SMILES string of the molecule is CCCOc1cccc(C(=O)N2CCN(c3c(F)c(F)c(Cl)c(F)c3F)CC2)c1. The number of carbonyl (C=O) groups is 1. The van der Waals surface area contributed by atoms with Crippen LogP contribution in [0.2, 0.25) is 5.02 Å². The van der Waals surface area contributed by atoms with Gasteiger partial charge in [0.15, 0.2) is 23.3 Å². The molecule has 0 aliphatic carbocycles. The molecule has 1 fully saturated rings. The van der Waals surface area contributed by atoms with Gasteiger partial charge >= 0.3 is 0 Å². The van der Waals surface area contributed by atoms with E-state index < -0.39 is 34.0 Å². The Hall–Kier alpha value is -2.48. The predicted octanol–water partition coefficient (Wildman–Crippen LogP) is 4.65. The molecule has 9 heteroatoms. The van der Waals surface area contributed by atoms with Crippen molar-refractivity contribution in [3.05, 3.63) is 58.1 Å². The first-order chi connectivity index (χ1) is 13.8. The van der Waals surface area contributed by atoms with Crippen LogP contribution in [0, 0.1) is 23.3 Å². The summed E-state index contributed by atoms with van der Waals surface area (Å²) < 4.78 is 61.3. The van der Waals surface area contributed by atoms with Crippen molar-refractivity contribution in [3.63, 3.8) is 0 Å². The Morgan fingerprint density at radius 2 is 1.66 bits per heavy atom. The topological polar surface area (TPSA) is 32.8 Å². The van der Waals surface area contributed by atoms with Gasteiger partial charge in [0.2, 0.25) is 0 Å². The van der Waals surface area contributed by atoms with Gasteiger partial charge in [-0.2, -0.15) is 0 Å². The van der Waals surface area contributed by atoms with Crippen LogP contribution in [-0.4, -0.2) is 43.6 Å². The Kier molecular flexibility index (Phi) is 6.52. The number of hydrogen-bond acceptors (Lipinski definition) is 3. The fourth-order valence-corrected chi connectivity index (χ4v) is 3.29. The van der Waals surface area contributed by atoms with E-state index in [2.05, 4.69) is 0 Å². The second kappa shape index (κ2) is 8.90. The quantitative estimate of drug-likeness (QED) is 0.393. The van der Waals surface area contributed by atoms with Crippen molar-refractivity contribution in [1.82, 2.24) is 4.90 Å². The Bertz CT molecular complexity index is 889. The van der Waals surface area contributed by atoms with Gasteiger partial charge in [-0.05, 0) is 24.6 Å². The van der Waals surface area contributed by atoms with E-state index in [1.54, 1.807) is 24.3 Å². The average Bonchev–Trinajstić information content (AvgIpc) is 2.75. The number of carbonyl (C=O) groups excluding carboxylic acids is 1. The molecule has 0 saturated carbocycles. The Labute approximate surface area is 170 Å². The molecular formula is C20H19ClF4N2O2. The average molecular weight is 431 g/mol. The minimum absolute atomic E-state index is 0.00607. The maximum absolute atomic E-state index is 14.2. The summed E-state index contributed by atoms with van der Waals surface area (Å²) in [5.41, 5.74) is -0.389. The van der Waals surface area contributed by atoms with Gasteiger partial charge in [0.1, 0.15) is 16.5 Å². The highest BCUT2D eigenvalue weighted by Crippen LogP contribution is 2.34. The van der Waals surface area contributed by atoms with E-state index in [1.165, 1.54) is 4.90 Å². The number of amides is 1. The molecule has 0 atom stereocenters. The zero-order valence-corrected chi connectivity index (χ0v) is 16.4. The summed E-state index contributed by atoms with van der Waals surface area (Å²) in [5.74, 6) is -6.05. The molecule has 1 aliphatic rings. The Morgan fingerprint density at radius 3 is 2.24 bits per heavy atom. The fourth-order valence-electron chi connectivity index (χ4n) is 3.13. The van der Waals surface area contributed by atoms with Gasteiger partial charge in [-0.15, -0.1) is 0 Å². The molecule has 0 unspecified atom stereocenters. The lowest BCUT2D eigenvalue weighted by molar-refractivity contribution is 0.0746. The minimum atomic E-state index is -1.64. The first-order valence-corrected chi connectivity index (χ1v) is 9.51. The van der Waals surface area contributed by atoms with Crippen molar-refractivity contribution < 1.29 is 27.1 Å². The van der Waals surface area contributed by atoms with Gasteiger partial charge in [0, 0.05) is 31.7 Å². The third kappa shape index (κ3) is 4.27. The highest BCUT2D eigenvalue weighted by atomic mass is 35.5. The zero-order chi connectivity index (χ0) is 21.1. The molecule has 0 N–H and O–H groups in total. The summed E-state index contributed by atoms with van der Waals surface area (Å²) in [4.78, 5) is 15.4. The summed E-state index contributed by atoms with van der Waals surface area (Å²) >= 11 is 5.26.